The SMILES string of the molecule is O=c1[nH]c(CCBr)nc2scc(-c3cccs3)c12. The number of hydrogen-bond acceptors (Lipinski definition) is 4. The van der Waals surface area contributed by atoms with Gasteiger partial charge in [0.1, 0.15) is 10.7 Å². The van der Waals surface area contributed by atoms with Gasteiger partial charge in [-0.05, 0) is 11.4 Å². The molecule has 0 aromatic carbocycles. The van der Waals surface area contributed by atoms with Gasteiger partial charge in [0.2, 0.25) is 0 Å². The van der Waals surface area contributed by atoms with Gasteiger partial charge in [-0.2, -0.15) is 0 Å². The summed E-state index contributed by atoms with van der Waals surface area (Å²) in [5.41, 5.74) is 0.949. The monoisotopic (exact) mass is 340 g/mol. The van der Waals surface area contributed by atoms with Crippen LogP contribution < -0.4 is 5.56 Å². The molecule has 0 fully saturated rings. The molecule has 0 atom stereocenters. The Kier molecular flexibility index (Phi) is 3.32. The summed E-state index contributed by atoms with van der Waals surface area (Å²) >= 11 is 6.52. The van der Waals surface area contributed by atoms with E-state index in [0.717, 1.165) is 32.8 Å². The van der Waals surface area contributed by atoms with Crippen LogP contribution in [0.15, 0.2) is 27.7 Å². The maximum Gasteiger partial charge on any atom is 0.260 e. The van der Waals surface area contributed by atoms with E-state index in [-0.39, 0.29) is 5.56 Å². The third-order valence-corrected chi connectivity index (χ3v) is 4.78. The van der Waals surface area contributed by atoms with Crippen LogP contribution in [-0.4, -0.2) is 15.3 Å². The molecule has 1 N–H and O–H groups in total. The fourth-order valence-corrected chi connectivity index (χ4v) is 3.97. The number of nitrogens with one attached hydrogen (secondary N) is 1. The van der Waals surface area contributed by atoms with Gasteiger partial charge >= 0.3 is 0 Å². The first-order valence-corrected chi connectivity index (χ1v) is 8.28. The summed E-state index contributed by atoms with van der Waals surface area (Å²) in [5.74, 6) is 0.740. The molecule has 18 heavy (non-hydrogen) atoms. The second kappa shape index (κ2) is 4.95. The van der Waals surface area contributed by atoms with Gasteiger partial charge in [-0.1, -0.05) is 22.0 Å². The molecular weight excluding hydrogens is 332 g/mol. The summed E-state index contributed by atoms with van der Waals surface area (Å²) < 4.78 is 0. The predicted octanol–water partition coefficient (Wildman–Crippen LogP) is 3.65. The second-order valence-corrected chi connectivity index (χ2v) is 6.36. The molecule has 0 radical (unpaired) electrons. The minimum absolute atomic E-state index is 0.0411. The van der Waals surface area contributed by atoms with Crippen LogP contribution in [0.25, 0.3) is 20.7 Å². The van der Waals surface area contributed by atoms with E-state index in [1.807, 2.05) is 22.9 Å². The minimum Gasteiger partial charge on any atom is -0.310 e. The van der Waals surface area contributed by atoms with Gasteiger partial charge < -0.3 is 4.98 Å². The van der Waals surface area contributed by atoms with Gasteiger partial charge in [0, 0.05) is 27.6 Å². The molecule has 0 aliphatic carbocycles. The summed E-state index contributed by atoms with van der Waals surface area (Å²) in [7, 11) is 0. The van der Waals surface area contributed by atoms with Crippen LogP contribution in [0.5, 0.6) is 0 Å². The van der Waals surface area contributed by atoms with E-state index in [2.05, 4.69) is 25.9 Å². The summed E-state index contributed by atoms with van der Waals surface area (Å²) in [4.78, 5) is 21.4. The Bertz CT molecular complexity index is 730. The maximum absolute atomic E-state index is 12.2. The van der Waals surface area contributed by atoms with Crippen molar-refractivity contribution in [1.29, 1.82) is 0 Å². The molecule has 92 valence electrons. The Morgan fingerprint density at radius 2 is 2.28 bits per heavy atom. The summed E-state index contributed by atoms with van der Waals surface area (Å²) in [6.07, 6.45) is 0.734. The first kappa shape index (κ1) is 12.1. The van der Waals surface area contributed by atoms with Crippen molar-refractivity contribution in [2.45, 2.75) is 6.42 Å². The molecule has 0 spiro atoms. The fraction of sp³-hybridized carbons (Fsp3) is 0.167. The summed E-state index contributed by atoms with van der Waals surface area (Å²) in [5, 5.41) is 5.53. The number of rotatable bonds is 3. The third kappa shape index (κ3) is 2.04. The van der Waals surface area contributed by atoms with Crippen LogP contribution in [0.4, 0.5) is 0 Å². The molecule has 0 aliphatic rings. The third-order valence-electron chi connectivity index (χ3n) is 2.61. The van der Waals surface area contributed by atoms with Crippen molar-refractivity contribution in [3.8, 4) is 10.4 Å². The average Bonchev–Trinajstić information content (AvgIpc) is 2.96. The number of halogens is 1. The molecule has 0 saturated carbocycles. The Balaban J connectivity index is 2.23. The second-order valence-electron chi connectivity index (χ2n) is 3.76. The van der Waals surface area contributed by atoms with Gasteiger partial charge in [-0.25, -0.2) is 4.98 Å². The van der Waals surface area contributed by atoms with E-state index >= 15 is 0 Å². The van der Waals surface area contributed by atoms with Crippen LogP contribution in [0.2, 0.25) is 0 Å². The van der Waals surface area contributed by atoms with Crippen LogP contribution in [0.3, 0.4) is 0 Å². The highest BCUT2D eigenvalue weighted by Crippen LogP contribution is 2.33. The number of aromatic amines is 1. The molecule has 0 bridgehead atoms. The highest BCUT2D eigenvalue weighted by Gasteiger charge is 2.13. The molecule has 0 saturated heterocycles. The Morgan fingerprint density at radius 1 is 1.39 bits per heavy atom. The van der Waals surface area contributed by atoms with Crippen molar-refractivity contribution >= 4 is 48.8 Å². The minimum atomic E-state index is -0.0411. The molecule has 3 aromatic heterocycles. The molecular formula is C12H9BrN2OS2. The number of aryl methyl sites for hydroxylation is 1. The molecule has 3 heterocycles. The number of nitrogens with zero attached hydrogens (tertiary/aromatic N) is 1. The first-order valence-electron chi connectivity index (χ1n) is 5.40. The lowest BCUT2D eigenvalue weighted by Gasteiger charge is -1.98. The molecule has 0 unspecified atom stereocenters. The van der Waals surface area contributed by atoms with Crippen molar-refractivity contribution in [2.24, 2.45) is 0 Å². The van der Waals surface area contributed by atoms with E-state index in [1.54, 1.807) is 11.3 Å². The van der Waals surface area contributed by atoms with Gasteiger partial charge in [0.05, 0.1) is 5.39 Å². The average molecular weight is 341 g/mol. The van der Waals surface area contributed by atoms with Crippen molar-refractivity contribution in [2.75, 3.05) is 5.33 Å². The highest BCUT2D eigenvalue weighted by atomic mass is 79.9. The number of thiophene rings is 2. The molecule has 0 aliphatic heterocycles. The molecule has 6 heteroatoms. The lowest BCUT2D eigenvalue weighted by molar-refractivity contribution is 0.960. The number of fused-ring (bicyclic) bond motifs is 1. The van der Waals surface area contributed by atoms with Crippen molar-refractivity contribution in [3.63, 3.8) is 0 Å². The predicted molar refractivity (Wildman–Crippen MR) is 81.1 cm³/mol. The van der Waals surface area contributed by atoms with Crippen molar-refractivity contribution < 1.29 is 0 Å². The highest BCUT2D eigenvalue weighted by molar-refractivity contribution is 9.09. The lowest BCUT2D eigenvalue weighted by atomic mass is 10.2. The van der Waals surface area contributed by atoms with Gasteiger partial charge in [-0.3, -0.25) is 4.79 Å². The van der Waals surface area contributed by atoms with E-state index in [9.17, 15) is 4.79 Å². The lowest BCUT2D eigenvalue weighted by Crippen LogP contribution is -2.11. The van der Waals surface area contributed by atoms with Crippen molar-refractivity contribution in [1.82, 2.24) is 9.97 Å². The normalized spacial score (nSPS) is 11.2. The smallest absolute Gasteiger partial charge is 0.260 e. The molecule has 3 rings (SSSR count). The Labute approximate surface area is 120 Å². The van der Waals surface area contributed by atoms with Gasteiger partial charge in [0.15, 0.2) is 0 Å². The molecule has 3 aromatic rings. The summed E-state index contributed by atoms with van der Waals surface area (Å²) in [6, 6.07) is 4.02. The van der Waals surface area contributed by atoms with E-state index in [0.29, 0.717) is 5.39 Å². The Hall–Kier alpha value is -0.980. The van der Waals surface area contributed by atoms with E-state index in [4.69, 9.17) is 0 Å². The van der Waals surface area contributed by atoms with Crippen LogP contribution in [0.1, 0.15) is 5.82 Å². The zero-order valence-corrected chi connectivity index (χ0v) is 12.5. The summed E-state index contributed by atoms with van der Waals surface area (Å²) in [6.45, 7) is 0. The van der Waals surface area contributed by atoms with Crippen LogP contribution >= 0.6 is 38.6 Å². The zero-order chi connectivity index (χ0) is 12.5. The van der Waals surface area contributed by atoms with Gasteiger partial charge in [0.25, 0.3) is 5.56 Å². The largest absolute Gasteiger partial charge is 0.310 e. The molecule has 0 amide bonds. The quantitative estimate of drug-likeness (QED) is 0.739. The topological polar surface area (TPSA) is 45.8 Å². The number of hydrogen-bond donors (Lipinski definition) is 1. The van der Waals surface area contributed by atoms with Gasteiger partial charge in [-0.15, -0.1) is 22.7 Å². The zero-order valence-electron chi connectivity index (χ0n) is 9.27. The first-order chi connectivity index (χ1) is 8.79. The number of H-pyrrole nitrogens is 1. The van der Waals surface area contributed by atoms with Crippen LogP contribution in [-0.2, 0) is 6.42 Å². The molecule has 3 nitrogen and oxygen atoms in total. The van der Waals surface area contributed by atoms with Crippen molar-refractivity contribution in [3.05, 3.63) is 39.1 Å². The Morgan fingerprint density at radius 3 is 3.00 bits per heavy atom. The standard InChI is InChI=1S/C12H9BrN2OS2/c13-4-3-9-14-11(16)10-7(6-18-12(10)15-9)8-2-1-5-17-8/h1-2,5-6H,3-4H2,(H,14,15,16). The van der Waals surface area contributed by atoms with Crippen LogP contribution in [0, 0.1) is 0 Å². The van der Waals surface area contributed by atoms with E-state index < -0.39 is 0 Å². The fourth-order valence-electron chi connectivity index (χ4n) is 1.81. The maximum atomic E-state index is 12.2. The number of alkyl halides is 1. The van der Waals surface area contributed by atoms with E-state index in [1.165, 1.54) is 11.3 Å². The number of aromatic nitrogens is 2.